The van der Waals surface area contributed by atoms with Crippen molar-refractivity contribution in [2.75, 3.05) is 5.32 Å². The highest BCUT2D eigenvalue weighted by molar-refractivity contribution is 5.93. The number of aromatic amines is 1. The number of H-pyrrole nitrogens is 1. The topological polar surface area (TPSA) is 96.7 Å². The number of nitrogens with one attached hydrogen (secondary N) is 2. The van der Waals surface area contributed by atoms with Crippen LogP contribution in [0.15, 0.2) is 61.6 Å². The molecule has 0 spiro atoms. The molecule has 5 heterocycles. The third kappa shape index (κ3) is 2.36. The second-order valence-electron chi connectivity index (χ2n) is 5.50. The summed E-state index contributed by atoms with van der Waals surface area (Å²) in [5, 5.41) is 8.28. The second kappa shape index (κ2) is 5.38. The summed E-state index contributed by atoms with van der Waals surface area (Å²) in [6, 6.07) is 7.67. The van der Waals surface area contributed by atoms with E-state index in [9.17, 15) is 0 Å². The summed E-state index contributed by atoms with van der Waals surface area (Å²) in [4.78, 5) is 20.3. The van der Waals surface area contributed by atoms with Gasteiger partial charge < -0.3 is 10.3 Å². The highest BCUT2D eigenvalue weighted by atomic mass is 15.3. The first kappa shape index (κ1) is 13.6. The molecule has 0 bridgehead atoms. The molecule has 0 fully saturated rings. The molecule has 0 aliphatic heterocycles. The fraction of sp³-hybridized carbons (Fsp3) is 0. The summed E-state index contributed by atoms with van der Waals surface area (Å²) in [5.41, 5.74) is 4.49. The third-order valence-electron chi connectivity index (χ3n) is 3.95. The Morgan fingerprint density at radius 1 is 1.04 bits per heavy atom. The number of hydrogen-bond acceptors (Lipinski definition) is 6. The van der Waals surface area contributed by atoms with Gasteiger partial charge in [-0.05, 0) is 24.3 Å². The zero-order valence-corrected chi connectivity index (χ0v) is 13.0. The molecule has 0 saturated heterocycles. The lowest BCUT2D eigenvalue weighted by Crippen LogP contribution is -1.96. The zero-order valence-electron chi connectivity index (χ0n) is 13.0. The largest absolute Gasteiger partial charge is 0.345 e. The molecule has 0 atom stereocenters. The van der Waals surface area contributed by atoms with E-state index in [1.807, 2.05) is 42.9 Å². The number of anilines is 2. The van der Waals surface area contributed by atoms with Crippen molar-refractivity contribution in [2.45, 2.75) is 0 Å². The Kier molecular flexibility index (Phi) is 2.93. The number of nitrogens with zero attached hydrogens (tertiary/aromatic N) is 6. The highest BCUT2D eigenvalue weighted by Crippen LogP contribution is 2.28. The van der Waals surface area contributed by atoms with Gasteiger partial charge in [-0.15, -0.1) is 0 Å². The van der Waals surface area contributed by atoms with E-state index in [2.05, 4.69) is 35.3 Å². The van der Waals surface area contributed by atoms with Gasteiger partial charge in [0.2, 0.25) is 5.95 Å². The van der Waals surface area contributed by atoms with Gasteiger partial charge in [0.1, 0.15) is 12.0 Å². The summed E-state index contributed by atoms with van der Waals surface area (Å²) in [6.45, 7) is 0. The summed E-state index contributed by atoms with van der Waals surface area (Å²) >= 11 is 0. The fourth-order valence-electron chi connectivity index (χ4n) is 2.75. The monoisotopic (exact) mass is 328 g/mol. The molecule has 8 heteroatoms. The summed E-state index contributed by atoms with van der Waals surface area (Å²) < 4.78 is 1.74. The number of fused-ring (bicyclic) bond motifs is 2. The maximum absolute atomic E-state index is 4.54. The van der Waals surface area contributed by atoms with Crippen LogP contribution < -0.4 is 5.32 Å². The van der Waals surface area contributed by atoms with Gasteiger partial charge in [0, 0.05) is 53.2 Å². The van der Waals surface area contributed by atoms with Gasteiger partial charge in [-0.1, -0.05) is 0 Å². The van der Waals surface area contributed by atoms with Gasteiger partial charge in [-0.2, -0.15) is 10.1 Å². The maximum atomic E-state index is 4.54. The smallest absolute Gasteiger partial charge is 0.229 e. The zero-order chi connectivity index (χ0) is 16.6. The van der Waals surface area contributed by atoms with Crippen molar-refractivity contribution in [3.8, 4) is 11.1 Å². The van der Waals surface area contributed by atoms with Gasteiger partial charge >= 0.3 is 0 Å². The molecule has 0 radical (unpaired) electrons. The average Bonchev–Trinajstić information content (AvgIpc) is 3.28. The van der Waals surface area contributed by atoms with E-state index < -0.39 is 0 Å². The molecule has 0 amide bonds. The van der Waals surface area contributed by atoms with E-state index in [0.717, 1.165) is 33.5 Å². The summed E-state index contributed by atoms with van der Waals surface area (Å²) in [5.74, 6) is 0.527. The highest BCUT2D eigenvalue weighted by Gasteiger charge is 2.10. The van der Waals surface area contributed by atoms with Crippen molar-refractivity contribution < 1.29 is 0 Å². The first-order chi connectivity index (χ1) is 12.4. The standard InChI is InChI=1S/C17H12N8/c1-2-15-21-10-22-25(15)9-11(1)13-7-19-16-14(13)8-20-17(24-16)23-12-3-5-18-6-4-12/h1-10H,(H2,18,19,20,23,24). The molecule has 2 N–H and O–H groups in total. The minimum atomic E-state index is 0.527. The molecular formula is C17H12N8. The Hall–Kier alpha value is -3.81. The Morgan fingerprint density at radius 3 is 2.88 bits per heavy atom. The van der Waals surface area contributed by atoms with Crippen molar-refractivity contribution in [1.82, 2.24) is 34.5 Å². The molecule has 0 saturated carbocycles. The Morgan fingerprint density at radius 2 is 1.96 bits per heavy atom. The Bertz CT molecular complexity index is 1180. The van der Waals surface area contributed by atoms with E-state index in [1.54, 1.807) is 16.9 Å². The van der Waals surface area contributed by atoms with Gasteiger partial charge in [-0.25, -0.2) is 14.5 Å². The maximum Gasteiger partial charge on any atom is 0.229 e. The van der Waals surface area contributed by atoms with Crippen LogP contribution in [0, 0.1) is 0 Å². The van der Waals surface area contributed by atoms with Crippen LogP contribution in [0.2, 0.25) is 0 Å². The van der Waals surface area contributed by atoms with Gasteiger partial charge in [0.15, 0.2) is 5.65 Å². The summed E-state index contributed by atoms with van der Waals surface area (Å²) in [7, 11) is 0. The molecule has 5 rings (SSSR count). The number of hydrogen-bond donors (Lipinski definition) is 2. The molecule has 120 valence electrons. The van der Waals surface area contributed by atoms with Crippen LogP contribution in [0.4, 0.5) is 11.6 Å². The average molecular weight is 328 g/mol. The van der Waals surface area contributed by atoms with Crippen molar-refractivity contribution in [2.24, 2.45) is 0 Å². The summed E-state index contributed by atoms with van der Waals surface area (Å²) in [6.07, 6.45) is 10.6. The predicted octanol–water partition coefficient (Wildman–Crippen LogP) is 2.81. The van der Waals surface area contributed by atoms with Gasteiger partial charge in [0.05, 0.1) is 0 Å². The number of rotatable bonds is 3. The molecule has 0 aliphatic carbocycles. The molecule has 8 nitrogen and oxygen atoms in total. The second-order valence-corrected chi connectivity index (χ2v) is 5.50. The van der Waals surface area contributed by atoms with Gasteiger partial charge in [0.25, 0.3) is 0 Å². The molecule has 5 aromatic heterocycles. The minimum absolute atomic E-state index is 0.527. The van der Waals surface area contributed by atoms with E-state index in [-0.39, 0.29) is 0 Å². The third-order valence-corrected chi connectivity index (χ3v) is 3.95. The Balaban J connectivity index is 1.54. The van der Waals surface area contributed by atoms with E-state index in [4.69, 9.17) is 0 Å². The van der Waals surface area contributed by atoms with Crippen LogP contribution in [0.3, 0.4) is 0 Å². The van der Waals surface area contributed by atoms with Crippen LogP contribution in [0.25, 0.3) is 27.8 Å². The lowest BCUT2D eigenvalue weighted by atomic mass is 10.1. The minimum Gasteiger partial charge on any atom is -0.345 e. The molecule has 0 aromatic carbocycles. The Labute approximate surface area is 141 Å². The normalized spacial score (nSPS) is 11.2. The lowest BCUT2D eigenvalue weighted by Gasteiger charge is -2.04. The van der Waals surface area contributed by atoms with Crippen molar-refractivity contribution in [3.63, 3.8) is 0 Å². The van der Waals surface area contributed by atoms with Crippen LogP contribution in [0.5, 0.6) is 0 Å². The van der Waals surface area contributed by atoms with Crippen molar-refractivity contribution in [3.05, 3.63) is 61.6 Å². The molecule has 0 unspecified atom stereocenters. The van der Waals surface area contributed by atoms with E-state index in [0.29, 0.717) is 5.95 Å². The molecule has 0 aliphatic rings. The first-order valence-corrected chi connectivity index (χ1v) is 7.68. The van der Waals surface area contributed by atoms with E-state index in [1.165, 1.54) is 6.33 Å². The van der Waals surface area contributed by atoms with Crippen LogP contribution in [-0.4, -0.2) is 34.5 Å². The quantitative estimate of drug-likeness (QED) is 0.528. The van der Waals surface area contributed by atoms with Crippen LogP contribution >= 0.6 is 0 Å². The predicted molar refractivity (Wildman–Crippen MR) is 93.4 cm³/mol. The molecular weight excluding hydrogens is 316 g/mol. The lowest BCUT2D eigenvalue weighted by molar-refractivity contribution is 0.963. The van der Waals surface area contributed by atoms with Crippen molar-refractivity contribution in [1.29, 1.82) is 0 Å². The number of aromatic nitrogens is 7. The van der Waals surface area contributed by atoms with E-state index >= 15 is 0 Å². The van der Waals surface area contributed by atoms with Crippen LogP contribution in [-0.2, 0) is 0 Å². The first-order valence-electron chi connectivity index (χ1n) is 7.68. The molecule has 25 heavy (non-hydrogen) atoms. The van der Waals surface area contributed by atoms with Gasteiger partial charge in [-0.3, -0.25) is 4.98 Å². The van der Waals surface area contributed by atoms with Crippen molar-refractivity contribution >= 4 is 28.3 Å². The molecule has 5 aromatic rings. The SMILES string of the molecule is c1cc(Nc2ncc3c(-c4ccc5ncnn5c4)c[nH]c3n2)ccn1. The van der Waals surface area contributed by atoms with Crippen LogP contribution in [0.1, 0.15) is 0 Å². The fourth-order valence-corrected chi connectivity index (χ4v) is 2.75. The number of pyridine rings is 2.